The van der Waals surface area contributed by atoms with Crippen LogP contribution in [0.15, 0.2) is 18.2 Å². The van der Waals surface area contributed by atoms with Crippen LogP contribution in [0.4, 0.5) is 5.69 Å². The number of thioether (sulfide) groups is 1. The van der Waals surface area contributed by atoms with Gasteiger partial charge in [-0.3, -0.25) is 4.79 Å². The Morgan fingerprint density at radius 1 is 1.39 bits per heavy atom. The average molecular weight is 266 g/mol. The molecule has 0 spiro atoms. The van der Waals surface area contributed by atoms with Crippen LogP contribution in [0, 0.1) is 19.8 Å². The van der Waals surface area contributed by atoms with Gasteiger partial charge in [0.15, 0.2) is 0 Å². The Labute approximate surface area is 114 Å². The van der Waals surface area contributed by atoms with Crippen molar-refractivity contribution in [3.05, 3.63) is 29.3 Å². The zero-order valence-corrected chi connectivity index (χ0v) is 12.1. The first kappa shape index (κ1) is 15.1. The smallest absolute Gasteiger partial charge is 0.234 e. The number of hydrogen-bond acceptors (Lipinski definition) is 3. The first-order chi connectivity index (χ1) is 8.52. The molecule has 100 valence electrons. The van der Waals surface area contributed by atoms with E-state index in [0.717, 1.165) is 11.4 Å². The van der Waals surface area contributed by atoms with Gasteiger partial charge in [-0.05, 0) is 55.3 Å². The van der Waals surface area contributed by atoms with E-state index in [1.807, 2.05) is 25.1 Å². The van der Waals surface area contributed by atoms with Crippen molar-refractivity contribution in [1.29, 1.82) is 0 Å². The second-order valence-corrected chi connectivity index (χ2v) is 5.73. The van der Waals surface area contributed by atoms with Gasteiger partial charge in [-0.25, -0.2) is 0 Å². The Morgan fingerprint density at radius 2 is 2.11 bits per heavy atom. The van der Waals surface area contributed by atoms with Crippen molar-refractivity contribution in [2.45, 2.75) is 20.8 Å². The lowest BCUT2D eigenvalue weighted by Gasteiger charge is -2.09. The third kappa shape index (κ3) is 5.10. The van der Waals surface area contributed by atoms with E-state index in [-0.39, 0.29) is 5.91 Å². The maximum absolute atomic E-state index is 11.7. The fourth-order valence-electron chi connectivity index (χ4n) is 1.44. The van der Waals surface area contributed by atoms with Crippen LogP contribution < -0.4 is 11.1 Å². The van der Waals surface area contributed by atoms with Gasteiger partial charge < -0.3 is 11.1 Å². The molecular formula is C14H22N2OS. The fourth-order valence-corrected chi connectivity index (χ4v) is 2.35. The number of nitrogens with two attached hydrogens (primary N) is 1. The van der Waals surface area contributed by atoms with Crippen LogP contribution in [0.25, 0.3) is 0 Å². The second kappa shape index (κ2) is 7.44. The standard InChI is InChI=1S/C14H22N2OS/c1-10(7-15)8-18-9-14(17)16-13-5-4-11(2)12(3)6-13/h4-6,10H,7-9,15H2,1-3H3,(H,16,17). The van der Waals surface area contributed by atoms with Crippen LogP contribution in [-0.2, 0) is 4.79 Å². The first-order valence-corrected chi connectivity index (χ1v) is 7.33. The summed E-state index contributed by atoms with van der Waals surface area (Å²) in [4.78, 5) is 11.7. The van der Waals surface area contributed by atoms with Crippen molar-refractivity contribution in [3.8, 4) is 0 Å². The number of nitrogens with one attached hydrogen (secondary N) is 1. The van der Waals surface area contributed by atoms with Crippen molar-refractivity contribution < 1.29 is 4.79 Å². The van der Waals surface area contributed by atoms with Crippen molar-refractivity contribution in [1.82, 2.24) is 0 Å². The van der Waals surface area contributed by atoms with Crippen LogP contribution in [-0.4, -0.2) is 24.0 Å². The summed E-state index contributed by atoms with van der Waals surface area (Å²) in [6, 6.07) is 5.96. The molecule has 0 aliphatic rings. The molecule has 0 aromatic heterocycles. The van der Waals surface area contributed by atoms with E-state index in [0.29, 0.717) is 18.2 Å². The molecule has 3 nitrogen and oxygen atoms in total. The van der Waals surface area contributed by atoms with Crippen molar-refractivity contribution in [3.63, 3.8) is 0 Å². The lowest BCUT2D eigenvalue weighted by molar-refractivity contribution is -0.113. The molecule has 0 saturated carbocycles. The maximum atomic E-state index is 11.7. The topological polar surface area (TPSA) is 55.1 Å². The molecule has 1 unspecified atom stereocenters. The van der Waals surface area contributed by atoms with E-state index in [4.69, 9.17) is 5.73 Å². The maximum Gasteiger partial charge on any atom is 0.234 e. The van der Waals surface area contributed by atoms with Crippen molar-refractivity contribution >= 4 is 23.4 Å². The highest BCUT2D eigenvalue weighted by atomic mass is 32.2. The molecule has 0 aliphatic carbocycles. The average Bonchev–Trinajstić information content (AvgIpc) is 2.33. The van der Waals surface area contributed by atoms with Crippen LogP contribution in [0.5, 0.6) is 0 Å². The number of hydrogen-bond donors (Lipinski definition) is 2. The van der Waals surface area contributed by atoms with E-state index < -0.39 is 0 Å². The Morgan fingerprint density at radius 3 is 2.72 bits per heavy atom. The molecule has 0 heterocycles. The van der Waals surface area contributed by atoms with Gasteiger partial charge in [0.1, 0.15) is 0 Å². The summed E-state index contributed by atoms with van der Waals surface area (Å²) in [5.74, 6) is 1.92. The number of anilines is 1. The van der Waals surface area contributed by atoms with Gasteiger partial charge in [-0.1, -0.05) is 13.0 Å². The number of benzene rings is 1. The zero-order valence-electron chi connectivity index (χ0n) is 11.3. The van der Waals surface area contributed by atoms with Crippen LogP contribution in [0.3, 0.4) is 0 Å². The molecule has 1 atom stereocenters. The van der Waals surface area contributed by atoms with Gasteiger partial charge in [-0.15, -0.1) is 0 Å². The molecular weight excluding hydrogens is 244 g/mol. The lowest BCUT2D eigenvalue weighted by Crippen LogP contribution is -2.17. The van der Waals surface area contributed by atoms with Crippen LogP contribution in [0.2, 0.25) is 0 Å². The molecule has 1 aromatic carbocycles. The zero-order chi connectivity index (χ0) is 13.5. The second-order valence-electron chi connectivity index (χ2n) is 4.70. The summed E-state index contributed by atoms with van der Waals surface area (Å²) in [6.45, 7) is 6.87. The van der Waals surface area contributed by atoms with E-state index in [2.05, 4.69) is 19.2 Å². The van der Waals surface area contributed by atoms with Crippen molar-refractivity contribution in [2.24, 2.45) is 11.7 Å². The number of rotatable bonds is 6. The Balaban J connectivity index is 2.38. The van der Waals surface area contributed by atoms with E-state index in [1.54, 1.807) is 11.8 Å². The number of amides is 1. The third-order valence-electron chi connectivity index (χ3n) is 2.83. The van der Waals surface area contributed by atoms with Gasteiger partial charge in [-0.2, -0.15) is 11.8 Å². The minimum Gasteiger partial charge on any atom is -0.330 e. The predicted octanol–water partition coefficient (Wildman–Crippen LogP) is 2.57. The Bertz CT molecular complexity index is 407. The van der Waals surface area contributed by atoms with Crippen molar-refractivity contribution in [2.75, 3.05) is 23.4 Å². The largest absolute Gasteiger partial charge is 0.330 e. The summed E-state index contributed by atoms with van der Waals surface area (Å²) in [7, 11) is 0. The molecule has 0 saturated heterocycles. The van der Waals surface area contributed by atoms with Crippen LogP contribution in [0.1, 0.15) is 18.1 Å². The summed E-state index contributed by atoms with van der Waals surface area (Å²) >= 11 is 1.63. The first-order valence-electron chi connectivity index (χ1n) is 6.18. The molecule has 0 aliphatic heterocycles. The number of aryl methyl sites for hydroxylation is 2. The highest BCUT2D eigenvalue weighted by Gasteiger charge is 2.05. The lowest BCUT2D eigenvalue weighted by atomic mass is 10.1. The predicted molar refractivity (Wildman–Crippen MR) is 80.1 cm³/mol. The normalized spacial score (nSPS) is 12.2. The van der Waals surface area contributed by atoms with E-state index in [9.17, 15) is 4.79 Å². The summed E-state index contributed by atoms with van der Waals surface area (Å²) in [5, 5.41) is 2.91. The molecule has 1 rings (SSSR count). The molecule has 0 radical (unpaired) electrons. The quantitative estimate of drug-likeness (QED) is 0.832. The molecule has 0 bridgehead atoms. The van der Waals surface area contributed by atoms with Gasteiger partial charge in [0, 0.05) is 5.69 Å². The number of carbonyl (C=O) groups excluding carboxylic acids is 1. The van der Waals surface area contributed by atoms with E-state index in [1.165, 1.54) is 11.1 Å². The minimum absolute atomic E-state index is 0.0486. The van der Waals surface area contributed by atoms with E-state index >= 15 is 0 Å². The molecule has 4 heteroatoms. The van der Waals surface area contributed by atoms with Gasteiger partial charge in [0.25, 0.3) is 0 Å². The third-order valence-corrected chi connectivity index (χ3v) is 4.10. The molecule has 1 amide bonds. The summed E-state index contributed by atoms with van der Waals surface area (Å²) in [6.07, 6.45) is 0. The van der Waals surface area contributed by atoms with Crippen LogP contribution >= 0.6 is 11.8 Å². The number of carbonyl (C=O) groups is 1. The Hall–Kier alpha value is -1.00. The highest BCUT2D eigenvalue weighted by Crippen LogP contribution is 2.15. The summed E-state index contributed by atoms with van der Waals surface area (Å²) < 4.78 is 0. The molecule has 1 aromatic rings. The summed E-state index contributed by atoms with van der Waals surface area (Å²) in [5.41, 5.74) is 8.83. The van der Waals surface area contributed by atoms with Gasteiger partial charge in [0.2, 0.25) is 5.91 Å². The highest BCUT2D eigenvalue weighted by molar-refractivity contribution is 7.99. The SMILES string of the molecule is Cc1ccc(NC(=O)CSCC(C)CN)cc1C. The van der Waals surface area contributed by atoms with Gasteiger partial charge in [0.05, 0.1) is 5.75 Å². The minimum atomic E-state index is 0.0486. The van der Waals surface area contributed by atoms with Gasteiger partial charge >= 0.3 is 0 Å². The monoisotopic (exact) mass is 266 g/mol. The molecule has 3 N–H and O–H groups in total. The molecule has 18 heavy (non-hydrogen) atoms. The Kier molecular flexibility index (Phi) is 6.22. The fraction of sp³-hybridized carbons (Fsp3) is 0.500. The molecule has 0 fully saturated rings.